The fourth-order valence-electron chi connectivity index (χ4n) is 2.86. The molecule has 4 heterocycles. The molecule has 0 unspecified atom stereocenters. The lowest BCUT2D eigenvalue weighted by molar-refractivity contribution is -0.134. The molecule has 0 aromatic carbocycles. The summed E-state index contributed by atoms with van der Waals surface area (Å²) in [6.07, 6.45) is 6.45. The largest absolute Gasteiger partial charge is 0.452 e. The maximum Gasteiger partial charge on any atom is 0.340 e. The van der Waals surface area contributed by atoms with Crippen LogP contribution in [0.15, 0.2) is 43.1 Å². The van der Waals surface area contributed by atoms with Crippen LogP contribution < -0.4 is 4.90 Å². The van der Waals surface area contributed by atoms with Gasteiger partial charge in [-0.05, 0) is 18.2 Å². The van der Waals surface area contributed by atoms with E-state index >= 15 is 0 Å². The van der Waals surface area contributed by atoms with E-state index in [0.717, 1.165) is 0 Å². The average Bonchev–Trinajstić information content (AvgIpc) is 3.20. The third-order valence-corrected chi connectivity index (χ3v) is 4.32. The number of fused-ring (bicyclic) bond motifs is 1. The summed E-state index contributed by atoms with van der Waals surface area (Å²) in [4.78, 5) is 36.6. The standard InChI is InChI=1S/C17H17N7O3/c25-15(22-6-8-23(9-7-22)17-18-4-1-5-19-17)11-27-16(26)13-2-3-14-21-20-12-24(14)10-13/h1-5,10,12H,6-9,11H2. The molecule has 1 aliphatic heterocycles. The molecule has 27 heavy (non-hydrogen) atoms. The number of carbonyl (C=O) groups excluding carboxylic acids is 2. The van der Waals surface area contributed by atoms with E-state index < -0.39 is 5.97 Å². The number of anilines is 1. The molecule has 1 aliphatic rings. The predicted octanol–water partition coefficient (Wildman–Crippen LogP) is 0.0249. The highest BCUT2D eigenvalue weighted by molar-refractivity contribution is 5.91. The highest BCUT2D eigenvalue weighted by Gasteiger charge is 2.23. The van der Waals surface area contributed by atoms with Crippen molar-refractivity contribution in [3.05, 3.63) is 48.7 Å². The molecule has 0 radical (unpaired) electrons. The topological polar surface area (TPSA) is 106 Å². The molecule has 1 fully saturated rings. The molecular weight excluding hydrogens is 350 g/mol. The van der Waals surface area contributed by atoms with E-state index in [9.17, 15) is 9.59 Å². The van der Waals surface area contributed by atoms with Crippen LogP contribution in [0.4, 0.5) is 5.95 Å². The van der Waals surface area contributed by atoms with Gasteiger partial charge in [0.25, 0.3) is 5.91 Å². The van der Waals surface area contributed by atoms with Crippen LogP contribution >= 0.6 is 0 Å². The minimum absolute atomic E-state index is 0.220. The summed E-state index contributed by atoms with van der Waals surface area (Å²) in [5.74, 6) is -0.127. The maximum absolute atomic E-state index is 12.3. The second kappa shape index (κ2) is 7.36. The zero-order valence-corrected chi connectivity index (χ0v) is 14.4. The first-order chi connectivity index (χ1) is 13.2. The van der Waals surface area contributed by atoms with E-state index in [2.05, 4.69) is 20.2 Å². The summed E-state index contributed by atoms with van der Waals surface area (Å²) in [6.45, 7) is 2.03. The molecule has 10 heteroatoms. The molecule has 0 N–H and O–H groups in total. The van der Waals surface area contributed by atoms with Gasteiger partial charge in [-0.3, -0.25) is 9.20 Å². The molecule has 4 rings (SSSR count). The molecule has 0 aliphatic carbocycles. The van der Waals surface area contributed by atoms with Crippen LogP contribution in [0, 0.1) is 0 Å². The Morgan fingerprint density at radius 2 is 1.85 bits per heavy atom. The quantitative estimate of drug-likeness (QED) is 0.595. The molecule has 1 saturated heterocycles. The van der Waals surface area contributed by atoms with Gasteiger partial charge in [-0.2, -0.15) is 0 Å². The number of aromatic nitrogens is 5. The predicted molar refractivity (Wildman–Crippen MR) is 94.1 cm³/mol. The van der Waals surface area contributed by atoms with Crippen molar-refractivity contribution >= 4 is 23.5 Å². The minimum atomic E-state index is -0.560. The van der Waals surface area contributed by atoms with Crippen LogP contribution in [-0.4, -0.2) is 74.1 Å². The lowest BCUT2D eigenvalue weighted by atomic mass is 10.3. The monoisotopic (exact) mass is 367 g/mol. The van der Waals surface area contributed by atoms with E-state index in [-0.39, 0.29) is 12.5 Å². The zero-order chi connectivity index (χ0) is 18.6. The van der Waals surface area contributed by atoms with E-state index in [1.807, 2.05) is 4.90 Å². The molecule has 3 aromatic rings. The van der Waals surface area contributed by atoms with Gasteiger partial charge in [0.1, 0.15) is 6.33 Å². The number of carbonyl (C=O) groups is 2. The van der Waals surface area contributed by atoms with Crippen molar-refractivity contribution in [2.45, 2.75) is 0 Å². The number of amides is 1. The summed E-state index contributed by atoms with van der Waals surface area (Å²) in [6, 6.07) is 5.02. The Morgan fingerprint density at radius 3 is 2.63 bits per heavy atom. The van der Waals surface area contributed by atoms with Crippen molar-refractivity contribution in [3.63, 3.8) is 0 Å². The van der Waals surface area contributed by atoms with Gasteiger partial charge in [0.15, 0.2) is 12.3 Å². The normalized spacial score (nSPS) is 14.4. The van der Waals surface area contributed by atoms with Crippen molar-refractivity contribution in [2.75, 3.05) is 37.7 Å². The highest BCUT2D eigenvalue weighted by atomic mass is 16.5. The van der Waals surface area contributed by atoms with Gasteiger partial charge in [-0.25, -0.2) is 14.8 Å². The zero-order valence-electron chi connectivity index (χ0n) is 14.4. The van der Waals surface area contributed by atoms with Gasteiger partial charge in [-0.1, -0.05) is 0 Å². The lowest BCUT2D eigenvalue weighted by Gasteiger charge is -2.34. The summed E-state index contributed by atoms with van der Waals surface area (Å²) < 4.78 is 6.77. The Balaban J connectivity index is 1.29. The number of hydrogen-bond donors (Lipinski definition) is 0. The first kappa shape index (κ1) is 16.9. The second-order valence-corrected chi connectivity index (χ2v) is 6.01. The molecule has 138 valence electrons. The minimum Gasteiger partial charge on any atom is -0.452 e. The van der Waals surface area contributed by atoms with Gasteiger partial charge in [0.05, 0.1) is 5.56 Å². The number of hydrogen-bond acceptors (Lipinski definition) is 8. The Kier molecular flexibility index (Phi) is 4.60. The van der Waals surface area contributed by atoms with Crippen molar-refractivity contribution in [1.29, 1.82) is 0 Å². The smallest absolute Gasteiger partial charge is 0.340 e. The van der Waals surface area contributed by atoms with Crippen LogP contribution in [0.1, 0.15) is 10.4 Å². The van der Waals surface area contributed by atoms with Crippen molar-refractivity contribution in [2.24, 2.45) is 0 Å². The number of ether oxygens (including phenoxy) is 1. The second-order valence-electron chi connectivity index (χ2n) is 6.01. The van der Waals surface area contributed by atoms with Gasteiger partial charge < -0.3 is 14.5 Å². The van der Waals surface area contributed by atoms with Crippen LogP contribution in [0.5, 0.6) is 0 Å². The summed E-state index contributed by atoms with van der Waals surface area (Å²) in [5.41, 5.74) is 0.962. The van der Waals surface area contributed by atoms with E-state index in [1.165, 1.54) is 6.33 Å². The number of pyridine rings is 1. The summed E-state index contributed by atoms with van der Waals surface area (Å²) >= 11 is 0. The van der Waals surface area contributed by atoms with Crippen LogP contribution in [-0.2, 0) is 9.53 Å². The third kappa shape index (κ3) is 3.68. The Morgan fingerprint density at radius 1 is 1.07 bits per heavy atom. The van der Waals surface area contributed by atoms with Crippen LogP contribution in [0.3, 0.4) is 0 Å². The Labute approximate surface area is 154 Å². The molecular formula is C17H17N7O3. The number of esters is 1. The first-order valence-electron chi connectivity index (χ1n) is 8.47. The van der Waals surface area contributed by atoms with Crippen molar-refractivity contribution in [1.82, 2.24) is 29.5 Å². The summed E-state index contributed by atoms with van der Waals surface area (Å²) in [5, 5.41) is 7.62. The van der Waals surface area contributed by atoms with E-state index in [4.69, 9.17) is 4.74 Å². The van der Waals surface area contributed by atoms with E-state index in [0.29, 0.717) is 43.3 Å². The molecule has 10 nitrogen and oxygen atoms in total. The fourth-order valence-corrected chi connectivity index (χ4v) is 2.86. The molecule has 0 atom stereocenters. The molecule has 0 saturated carbocycles. The molecule has 0 spiro atoms. The third-order valence-electron chi connectivity index (χ3n) is 4.32. The van der Waals surface area contributed by atoms with Crippen LogP contribution in [0.2, 0.25) is 0 Å². The SMILES string of the molecule is O=C(OCC(=O)N1CCN(c2ncccn2)CC1)c1ccc2nncn2c1. The highest BCUT2D eigenvalue weighted by Crippen LogP contribution is 2.10. The molecule has 1 amide bonds. The summed E-state index contributed by atoms with van der Waals surface area (Å²) in [7, 11) is 0. The van der Waals surface area contributed by atoms with Gasteiger partial charge >= 0.3 is 5.97 Å². The number of rotatable bonds is 4. The van der Waals surface area contributed by atoms with Gasteiger partial charge in [0, 0.05) is 44.8 Å². The molecule has 0 bridgehead atoms. The number of piperazine rings is 1. The Bertz CT molecular complexity index is 951. The van der Waals surface area contributed by atoms with Crippen molar-refractivity contribution in [3.8, 4) is 0 Å². The van der Waals surface area contributed by atoms with Crippen LogP contribution in [0.25, 0.3) is 5.65 Å². The fraction of sp³-hybridized carbons (Fsp3) is 0.294. The Hall–Kier alpha value is -3.56. The average molecular weight is 367 g/mol. The number of nitrogens with zero attached hydrogens (tertiary/aromatic N) is 7. The van der Waals surface area contributed by atoms with E-state index in [1.54, 1.807) is 46.1 Å². The lowest BCUT2D eigenvalue weighted by Crippen LogP contribution is -2.50. The maximum atomic E-state index is 12.3. The van der Waals surface area contributed by atoms with Gasteiger partial charge in [0.2, 0.25) is 5.95 Å². The first-order valence-corrected chi connectivity index (χ1v) is 8.47. The van der Waals surface area contributed by atoms with Crippen molar-refractivity contribution < 1.29 is 14.3 Å². The van der Waals surface area contributed by atoms with Gasteiger partial charge in [-0.15, -0.1) is 10.2 Å². The molecule has 3 aromatic heterocycles.